The molecule has 27 heavy (non-hydrogen) atoms. The van der Waals surface area contributed by atoms with Crippen LogP contribution < -0.4 is 16.4 Å². The van der Waals surface area contributed by atoms with Gasteiger partial charge in [0.1, 0.15) is 0 Å². The van der Waals surface area contributed by atoms with E-state index in [-0.39, 0.29) is 24.2 Å². The summed E-state index contributed by atoms with van der Waals surface area (Å²) in [6.45, 7) is 4.93. The maximum absolute atomic E-state index is 12.2. The highest BCUT2D eigenvalue weighted by molar-refractivity contribution is 7.99. The summed E-state index contributed by atoms with van der Waals surface area (Å²) in [5.41, 5.74) is 8.87. The number of halogens is 1. The maximum atomic E-state index is 12.2. The highest BCUT2D eigenvalue weighted by Gasteiger charge is 2.12. The van der Waals surface area contributed by atoms with Gasteiger partial charge in [0.05, 0.1) is 11.3 Å². The van der Waals surface area contributed by atoms with E-state index in [2.05, 4.69) is 42.7 Å². The average molecular weight is 408 g/mol. The second-order valence-corrected chi connectivity index (χ2v) is 7.15. The normalized spacial score (nSPS) is 10.0. The summed E-state index contributed by atoms with van der Waals surface area (Å²) < 4.78 is 0. The first-order valence-electron chi connectivity index (χ1n) is 8.58. The molecule has 0 radical (unpaired) electrons. The molecule has 0 aliphatic heterocycles. The molecule has 0 bridgehead atoms. The molecule has 0 fully saturated rings. The number of anilines is 1. The van der Waals surface area contributed by atoms with E-state index < -0.39 is 0 Å². The van der Waals surface area contributed by atoms with Crippen LogP contribution in [-0.2, 0) is 4.79 Å². The number of para-hydroxylation sites is 1. The number of carbonyl (C=O) groups is 2. The SMILES string of the molecule is Cc1ccc(SCCC(=O)Nc2ccccc2C(=O)NCCN)cc1C.Cl. The summed E-state index contributed by atoms with van der Waals surface area (Å²) in [6.07, 6.45) is 0.371. The first-order chi connectivity index (χ1) is 12.5. The van der Waals surface area contributed by atoms with E-state index in [9.17, 15) is 9.59 Å². The van der Waals surface area contributed by atoms with Crippen LogP contribution in [0.5, 0.6) is 0 Å². The predicted octanol–water partition coefficient (Wildman–Crippen LogP) is 3.53. The Morgan fingerprint density at radius 1 is 1.07 bits per heavy atom. The van der Waals surface area contributed by atoms with Gasteiger partial charge in [-0.15, -0.1) is 24.2 Å². The molecule has 4 N–H and O–H groups in total. The highest BCUT2D eigenvalue weighted by Crippen LogP contribution is 2.22. The fourth-order valence-corrected chi connectivity index (χ4v) is 3.30. The van der Waals surface area contributed by atoms with Crippen molar-refractivity contribution in [2.75, 3.05) is 24.2 Å². The van der Waals surface area contributed by atoms with E-state index in [0.717, 1.165) is 4.90 Å². The maximum Gasteiger partial charge on any atom is 0.253 e. The fourth-order valence-electron chi connectivity index (χ4n) is 2.35. The van der Waals surface area contributed by atoms with Crippen LogP contribution in [0.25, 0.3) is 0 Å². The average Bonchev–Trinajstić information content (AvgIpc) is 2.63. The van der Waals surface area contributed by atoms with Crippen LogP contribution in [0.1, 0.15) is 27.9 Å². The molecular formula is C20H26ClN3O2S. The van der Waals surface area contributed by atoms with Gasteiger partial charge in [0.2, 0.25) is 5.91 Å². The van der Waals surface area contributed by atoms with Crippen molar-refractivity contribution in [1.82, 2.24) is 5.32 Å². The number of carbonyl (C=O) groups excluding carboxylic acids is 2. The molecule has 2 amide bonds. The standard InChI is InChI=1S/C20H25N3O2S.ClH/c1-14-7-8-16(13-15(14)2)26-12-9-19(24)23-18-6-4-3-5-17(18)20(25)22-11-10-21;/h3-8,13H,9-12,21H2,1-2H3,(H,22,25)(H,23,24);1H. The predicted molar refractivity (Wildman–Crippen MR) is 115 cm³/mol. The Labute approximate surface area is 170 Å². The van der Waals surface area contributed by atoms with Crippen LogP contribution in [0.3, 0.4) is 0 Å². The number of thioether (sulfide) groups is 1. The monoisotopic (exact) mass is 407 g/mol. The number of nitrogens with two attached hydrogens (primary N) is 1. The van der Waals surface area contributed by atoms with E-state index >= 15 is 0 Å². The number of amides is 2. The Morgan fingerprint density at radius 2 is 1.81 bits per heavy atom. The molecule has 0 saturated carbocycles. The molecule has 2 aromatic carbocycles. The molecule has 7 heteroatoms. The van der Waals surface area contributed by atoms with Crippen molar-refractivity contribution < 1.29 is 9.59 Å². The van der Waals surface area contributed by atoms with Gasteiger partial charge < -0.3 is 16.4 Å². The van der Waals surface area contributed by atoms with Crippen LogP contribution in [0.2, 0.25) is 0 Å². The fraction of sp³-hybridized carbons (Fsp3) is 0.300. The van der Waals surface area contributed by atoms with Gasteiger partial charge in [0.25, 0.3) is 5.91 Å². The summed E-state index contributed by atoms with van der Waals surface area (Å²) in [6, 6.07) is 13.3. The number of aryl methyl sites for hydroxylation is 2. The summed E-state index contributed by atoms with van der Waals surface area (Å²) in [5, 5.41) is 5.55. The summed E-state index contributed by atoms with van der Waals surface area (Å²) in [4.78, 5) is 25.5. The number of hydrogen-bond donors (Lipinski definition) is 3. The molecule has 0 aliphatic rings. The van der Waals surface area contributed by atoms with Crippen LogP contribution in [0, 0.1) is 13.8 Å². The molecule has 146 valence electrons. The minimum atomic E-state index is -0.240. The second-order valence-electron chi connectivity index (χ2n) is 5.98. The van der Waals surface area contributed by atoms with Crippen molar-refractivity contribution in [2.24, 2.45) is 5.73 Å². The third kappa shape index (κ3) is 7.25. The van der Waals surface area contributed by atoms with Gasteiger partial charge in [0.15, 0.2) is 0 Å². The van der Waals surface area contributed by atoms with Crippen LogP contribution in [0.4, 0.5) is 5.69 Å². The minimum Gasteiger partial charge on any atom is -0.351 e. The van der Waals surface area contributed by atoms with Gasteiger partial charge in [-0.25, -0.2) is 0 Å². The molecule has 5 nitrogen and oxygen atoms in total. The van der Waals surface area contributed by atoms with E-state index in [1.165, 1.54) is 11.1 Å². The molecule has 0 atom stereocenters. The Kier molecular flexibility index (Phi) is 9.93. The Morgan fingerprint density at radius 3 is 2.52 bits per heavy atom. The molecule has 0 aromatic heterocycles. The van der Waals surface area contributed by atoms with Gasteiger partial charge in [-0.1, -0.05) is 18.2 Å². The summed E-state index contributed by atoms with van der Waals surface area (Å²) in [7, 11) is 0. The minimum absolute atomic E-state index is 0. The van der Waals surface area contributed by atoms with Crippen molar-refractivity contribution in [2.45, 2.75) is 25.2 Å². The lowest BCUT2D eigenvalue weighted by Crippen LogP contribution is -2.30. The molecular weight excluding hydrogens is 382 g/mol. The molecule has 0 unspecified atom stereocenters. The van der Waals surface area contributed by atoms with Crippen LogP contribution in [-0.4, -0.2) is 30.7 Å². The number of hydrogen-bond acceptors (Lipinski definition) is 4. The highest BCUT2D eigenvalue weighted by atomic mass is 35.5. The number of benzene rings is 2. The zero-order valence-corrected chi connectivity index (χ0v) is 17.2. The summed E-state index contributed by atoms with van der Waals surface area (Å²) >= 11 is 1.65. The molecule has 0 heterocycles. The third-order valence-corrected chi connectivity index (χ3v) is 4.95. The van der Waals surface area contributed by atoms with Gasteiger partial charge >= 0.3 is 0 Å². The Hall–Kier alpha value is -2.02. The van der Waals surface area contributed by atoms with Crippen molar-refractivity contribution >= 4 is 41.7 Å². The van der Waals surface area contributed by atoms with Crippen molar-refractivity contribution in [3.8, 4) is 0 Å². The van der Waals surface area contributed by atoms with Crippen LogP contribution in [0.15, 0.2) is 47.4 Å². The molecule has 0 aliphatic carbocycles. The Bertz CT molecular complexity index is 784. The van der Waals surface area contributed by atoms with Gasteiger partial charge in [-0.3, -0.25) is 9.59 Å². The lowest BCUT2D eigenvalue weighted by atomic mass is 10.1. The van der Waals surface area contributed by atoms with Crippen LogP contribution >= 0.6 is 24.2 Å². The number of nitrogens with one attached hydrogen (secondary N) is 2. The molecule has 2 rings (SSSR count). The second kappa shape index (κ2) is 11.6. The molecule has 0 spiro atoms. The van der Waals surface area contributed by atoms with Crippen molar-refractivity contribution in [1.29, 1.82) is 0 Å². The molecule has 0 saturated heterocycles. The van der Waals surface area contributed by atoms with E-state index in [1.54, 1.807) is 36.0 Å². The lowest BCUT2D eigenvalue weighted by molar-refractivity contribution is -0.115. The van der Waals surface area contributed by atoms with Gasteiger partial charge in [-0.05, 0) is 49.2 Å². The topological polar surface area (TPSA) is 84.2 Å². The van der Waals surface area contributed by atoms with Gasteiger partial charge in [-0.2, -0.15) is 0 Å². The Balaban J connectivity index is 0.00000364. The zero-order valence-electron chi connectivity index (χ0n) is 15.6. The first-order valence-corrected chi connectivity index (χ1v) is 9.57. The van der Waals surface area contributed by atoms with E-state index in [0.29, 0.717) is 36.5 Å². The third-order valence-electron chi connectivity index (χ3n) is 3.95. The summed E-state index contributed by atoms with van der Waals surface area (Å²) in [5.74, 6) is 0.326. The quantitative estimate of drug-likeness (QED) is 0.584. The largest absolute Gasteiger partial charge is 0.351 e. The molecule has 2 aromatic rings. The van der Waals surface area contributed by atoms with Crippen molar-refractivity contribution in [3.05, 3.63) is 59.2 Å². The van der Waals surface area contributed by atoms with Gasteiger partial charge in [0, 0.05) is 30.2 Å². The van der Waals surface area contributed by atoms with E-state index in [4.69, 9.17) is 5.73 Å². The van der Waals surface area contributed by atoms with Crippen molar-refractivity contribution in [3.63, 3.8) is 0 Å². The zero-order chi connectivity index (χ0) is 18.9. The number of rotatable bonds is 8. The first kappa shape index (κ1) is 23.0. The van der Waals surface area contributed by atoms with E-state index in [1.807, 2.05) is 0 Å². The lowest BCUT2D eigenvalue weighted by Gasteiger charge is -2.11. The smallest absolute Gasteiger partial charge is 0.253 e.